The second kappa shape index (κ2) is 3.78. The molecule has 3 rings (SSSR count). The number of nitrogens with zero attached hydrogens (tertiary/aromatic N) is 1. The molecule has 0 unspecified atom stereocenters. The zero-order valence-electron chi connectivity index (χ0n) is 10.2. The van der Waals surface area contributed by atoms with Crippen molar-refractivity contribution in [2.75, 3.05) is 0 Å². The van der Waals surface area contributed by atoms with Crippen LogP contribution in [0, 0.1) is 28.4 Å². The molecule has 2 aliphatic carbocycles. The van der Waals surface area contributed by atoms with Crippen LogP contribution in [-0.2, 0) is 5.41 Å². The second-order valence-corrected chi connectivity index (χ2v) is 5.88. The van der Waals surface area contributed by atoms with Gasteiger partial charge in [0.15, 0.2) is 0 Å². The summed E-state index contributed by atoms with van der Waals surface area (Å²) in [6.45, 7) is 0. The Morgan fingerprint density at radius 3 is 2.33 bits per heavy atom. The van der Waals surface area contributed by atoms with Gasteiger partial charge in [-0.15, -0.1) is 0 Å². The summed E-state index contributed by atoms with van der Waals surface area (Å²) >= 11 is 0. The molecule has 18 heavy (non-hydrogen) atoms. The van der Waals surface area contributed by atoms with Crippen LogP contribution in [0.15, 0.2) is 18.2 Å². The highest BCUT2D eigenvalue weighted by Crippen LogP contribution is 2.62. The van der Waals surface area contributed by atoms with Gasteiger partial charge >= 0.3 is 0 Å². The highest BCUT2D eigenvalue weighted by atomic mass is 19.1. The number of halogens is 2. The van der Waals surface area contributed by atoms with Crippen LogP contribution in [0.25, 0.3) is 0 Å². The van der Waals surface area contributed by atoms with E-state index in [1.54, 1.807) is 0 Å². The quantitative estimate of drug-likeness (QED) is 0.733. The molecule has 0 heterocycles. The molecule has 2 saturated carbocycles. The van der Waals surface area contributed by atoms with Gasteiger partial charge in [0.05, 0.1) is 11.5 Å². The van der Waals surface area contributed by atoms with Crippen LogP contribution in [0.4, 0.5) is 8.78 Å². The van der Waals surface area contributed by atoms with Gasteiger partial charge in [-0.3, -0.25) is 0 Å². The summed E-state index contributed by atoms with van der Waals surface area (Å²) in [5.41, 5.74) is -0.0810. The molecular weight excluding hydrogens is 232 g/mol. The molecule has 0 amide bonds. The van der Waals surface area contributed by atoms with Gasteiger partial charge in [-0.2, -0.15) is 5.26 Å². The fraction of sp³-hybridized carbons (Fsp3) is 0.533. The maximum absolute atomic E-state index is 13.8. The van der Waals surface area contributed by atoms with E-state index in [1.807, 2.05) is 0 Å². The fourth-order valence-electron chi connectivity index (χ4n) is 3.91. The van der Waals surface area contributed by atoms with Crippen LogP contribution < -0.4 is 0 Å². The molecule has 3 heteroatoms. The molecule has 2 fully saturated rings. The number of hydrogen-bond acceptors (Lipinski definition) is 1. The molecule has 1 aromatic carbocycles. The van der Waals surface area contributed by atoms with Gasteiger partial charge in [0.25, 0.3) is 0 Å². The lowest BCUT2D eigenvalue weighted by Crippen LogP contribution is -2.47. The Labute approximate surface area is 105 Å². The largest absolute Gasteiger partial charge is 0.207 e. The molecule has 0 radical (unpaired) electrons. The maximum Gasteiger partial charge on any atom is 0.130 e. The molecule has 0 bridgehead atoms. The van der Waals surface area contributed by atoms with E-state index in [0.29, 0.717) is 5.56 Å². The van der Waals surface area contributed by atoms with Crippen molar-refractivity contribution in [1.82, 2.24) is 0 Å². The predicted molar refractivity (Wildman–Crippen MR) is 63.8 cm³/mol. The first-order valence-electron chi connectivity index (χ1n) is 6.46. The lowest BCUT2D eigenvalue weighted by molar-refractivity contribution is 0.0624. The first kappa shape index (κ1) is 11.6. The zero-order chi connectivity index (χ0) is 12.8. The van der Waals surface area contributed by atoms with Gasteiger partial charge in [-0.05, 0) is 37.2 Å². The van der Waals surface area contributed by atoms with Crippen LogP contribution in [0.3, 0.4) is 0 Å². The van der Waals surface area contributed by atoms with Gasteiger partial charge in [0.1, 0.15) is 11.6 Å². The molecule has 1 nitrogen and oxygen atoms in total. The lowest BCUT2D eigenvalue weighted by Gasteiger charge is -2.51. The highest BCUT2D eigenvalue weighted by Gasteiger charge is 2.57. The summed E-state index contributed by atoms with van der Waals surface area (Å²) in [6, 6.07) is 5.85. The van der Waals surface area contributed by atoms with E-state index in [1.165, 1.54) is 25.0 Å². The minimum absolute atomic E-state index is 0.260. The van der Waals surface area contributed by atoms with E-state index in [2.05, 4.69) is 6.07 Å². The van der Waals surface area contributed by atoms with E-state index in [-0.39, 0.29) is 5.41 Å². The van der Waals surface area contributed by atoms with Crippen LogP contribution >= 0.6 is 0 Å². The summed E-state index contributed by atoms with van der Waals surface area (Å²) in [4.78, 5) is 0. The van der Waals surface area contributed by atoms with Crippen molar-refractivity contribution in [2.45, 2.75) is 43.9 Å². The van der Waals surface area contributed by atoms with Crippen molar-refractivity contribution in [3.05, 3.63) is 35.4 Å². The third-order valence-electron chi connectivity index (χ3n) is 4.68. The topological polar surface area (TPSA) is 23.8 Å². The highest BCUT2D eigenvalue weighted by molar-refractivity contribution is 5.39. The van der Waals surface area contributed by atoms with Gasteiger partial charge < -0.3 is 0 Å². The SMILES string of the molecule is N#CC1(c2ccc(F)cc2F)CC2(CCCC2)C1. The van der Waals surface area contributed by atoms with E-state index in [0.717, 1.165) is 31.7 Å². The molecular formula is C15H15F2N. The van der Waals surface area contributed by atoms with E-state index < -0.39 is 17.0 Å². The number of nitriles is 1. The van der Waals surface area contributed by atoms with Crippen LogP contribution in [0.5, 0.6) is 0 Å². The molecule has 0 aliphatic heterocycles. The Kier molecular flexibility index (Phi) is 2.45. The average Bonchev–Trinajstić information content (AvgIpc) is 2.76. The zero-order valence-corrected chi connectivity index (χ0v) is 10.2. The van der Waals surface area contributed by atoms with E-state index in [4.69, 9.17) is 0 Å². The van der Waals surface area contributed by atoms with Crippen molar-refractivity contribution in [3.8, 4) is 6.07 Å². The Balaban J connectivity index is 1.93. The van der Waals surface area contributed by atoms with Crippen molar-refractivity contribution < 1.29 is 8.78 Å². The van der Waals surface area contributed by atoms with Gasteiger partial charge in [0, 0.05) is 11.6 Å². The van der Waals surface area contributed by atoms with Crippen LogP contribution in [-0.4, -0.2) is 0 Å². The molecule has 0 atom stereocenters. The van der Waals surface area contributed by atoms with Crippen LogP contribution in [0.1, 0.15) is 44.1 Å². The molecule has 0 saturated heterocycles. The normalized spacial score (nSPS) is 23.6. The summed E-state index contributed by atoms with van der Waals surface area (Å²) < 4.78 is 26.8. The minimum atomic E-state index is -0.720. The first-order chi connectivity index (χ1) is 8.59. The third kappa shape index (κ3) is 1.55. The standard InChI is InChI=1S/C15H15F2N/c16-11-3-4-12(13(17)7-11)15(10-18)8-14(9-15)5-1-2-6-14/h3-4,7H,1-2,5-6,8-9H2. The predicted octanol–water partition coefficient (Wildman–Crippen LogP) is 4.08. The molecule has 2 aliphatic rings. The van der Waals surface area contributed by atoms with Gasteiger partial charge in [-0.1, -0.05) is 18.9 Å². The van der Waals surface area contributed by atoms with Crippen molar-refractivity contribution in [1.29, 1.82) is 5.26 Å². The van der Waals surface area contributed by atoms with Gasteiger partial charge in [-0.25, -0.2) is 8.78 Å². The summed E-state index contributed by atoms with van der Waals surface area (Å²) in [5, 5.41) is 9.42. The molecule has 0 N–H and O–H groups in total. The van der Waals surface area contributed by atoms with E-state index in [9.17, 15) is 14.0 Å². The monoisotopic (exact) mass is 247 g/mol. The Hall–Kier alpha value is -1.43. The van der Waals surface area contributed by atoms with E-state index >= 15 is 0 Å². The van der Waals surface area contributed by atoms with Crippen molar-refractivity contribution in [2.24, 2.45) is 5.41 Å². The van der Waals surface area contributed by atoms with Gasteiger partial charge in [0.2, 0.25) is 0 Å². The minimum Gasteiger partial charge on any atom is -0.207 e. The first-order valence-corrected chi connectivity index (χ1v) is 6.46. The lowest BCUT2D eigenvalue weighted by atomic mass is 9.50. The number of rotatable bonds is 1. The van der Waals surface area contributed by atoms with Crippen LogP contribution in [0.2, 0.25) is 0 Å². The molecule has 1 spiro atoms. The molecule has 94 valence electrons. The molecule has 1 aromatic rings. The summed E-state index contributed by atoms with van der Waals surface area (Å²) in [5.74, 6) is -1.16. The number of hydrogen-bond donors (Lipinski definition) is 0. The summed E-state index contributed by atoms with van der Waals surface area (Å²) in [6.07, 6.45) is 6.21. The Bertz CT molecular complexity index is 516. The fourth-order valence-corrected chi connectivity index (χ4v) is 3.91. The third-order valence-corrected chi connectivity index (χ3v) is 4.68. The Morgan fingerprint density at radius 2 is 1.78 bits per heavy atom. The maximum atomic E-state index is 13.8. The Morgan fingerprint density at radius 1 is 1.11 bits per heavy atom. The number of benzene rings is 1. The molecule has 0 aromatic heterocycles. The van der Waals surface area contributed by atoms with Crippen molar-refractivity contribution in [3.63, 3.8) is 0 Å². The smallest absolute Gasteiger partial charge is 0.130 e. The van der Waals surface area contributed by atoms with Crippen molar-refractivity contribution >= 4 is 0 Å². The second-order valence-electron chi connectivity index (χ2n) is 5.88. The summed E-state index contributed by atoms with van der Waals surface area (Å²) in [7, 11) is 0. The average molecular weight is 247 g/mol.